The van der Waals surface area contributed by atoms with Gasteiger partial charge in [0.05, 0.1) is 6.04 Å². The number of hydrogen-bond acceptors (Lipinski definition) is 3. The minimum absolute atomic E-state index is 0.0427. The van der Waals surface area contributed by atoms with Gasteiger partial charge in [-0.2, -0.15) is 11.3 Å². The van der Waals surface area contributed by atoms with E-state index in [4.69, 9.17) is 5.84 Å². The van der Waals surface area contributed by atoms with Crippen molar-refractivity contribution in [3.63, 3.8) is 0 Å². The second-order valence-corrected chi connectivity index (χ2v) is 5.84. The lowest BCUT2D eigenvalue weighted by molar-refractivity contribution is 0.636. The van der Waals surface area contributed by atoms with Crippen molar-refractivity contribution in [1.29, 1.82) is 0 Å². The average molecular weight is 294 g/mol. The molecule has 0 amide bonds. The Morgan fingerprint density at radius 3 is 2.14 bits per heavy atom. The lowest BCUT2D eigenvalue weighted by Crippen LogP contribution is -2.28. The number of benzene rings is 2. The number of rotatable bonds is 4. The Balaban J connectivity index is 1.91. The minimum atomic E-state index is 0.0427. The lowest BCUT2D eigenvalue weighted by Gasteiger charge is -2.17. The standard InChI is InChI=1S/C18H18N2S/c1-13-11-21-12-17(13)18(20-19)16-9-7-15(8-10-16)14-5-3-2-4-6-14/h2-12,18,20H,19H2,1H3. The second-order valence-electron chi connectivity index (χ2n) is 5.10. The van der Waals surface area contributed by atoms with Gasteiger partial charge in [-0.15, -0.1) is 0 Å². The number of nitrogens with one attached hydrogen (secondary N) is 1. The van der Waals surface area contributed by atoms with E-state index >= 15 is 0 Å². The SMILES string of the molecule is Cc1cscc1C(NN)c1ccc(-c2ccccc2)cc1. The van der Waals surface area contributed by atoms with E-state index in [1.54, 1.807) is 11.3 Å². The molecule has 0 spiro atoms. The minimum Gasteiger partial charge on any atom is -0.271 e. The maximum absolute atomic E-state index is 5.77. The van der Waals surface area contributed by atoms with Gasteiger partial charge in [0.1, 0.15) is 0 Å². The van der Waals surface area contributed by atoms with Crippen LogP contribution in [0.5, 0.6) is 0 Å². The molecule has 0 fully saturated rings. The normalized spacial score (nSPS) is 12.3. The van der Waals surface area contributed by atoms with Crippen molar-refractivity contribution >= 4 is 11.3 Å². The molecule has 3 rings (SSSR count). The van der Waals surface area contributed by atoms with E-state index in [9.17, 15) is 0 Å². The molecule has 0 radical (unpaired) electrons. The highest BCUT2D eigenvalue weighted by Gasteiger charge is 2.15. The van der Waals surface area contributed by atoms with Gasteiger partial charge in [0, 0.05) is 0 Å². The van der Waals surface area contributed by atoms with Crippen LogP contribution < -0.4 is 11.3 Å². The first kappa shape index (κ1) is 14.0. The van der Waals surface area contributed by atoms with Crippen molar-refractivity contribution in [2.24, 2.45) is 5.84 Å². The molecular weight excluding hydrogens is 276 g/mol. The van der Waals surface area contributed by atoms with E-state index in [2.05, 4.69) is 71.6 Å². The van der Waals surface area contributed by atoms with Crippen LogP contribution in [0.2, 0.25) is 0 Å². The Kier molecular flexibility index (Phi) is 4.15. The van der Waals surface area contributed by atoms with Crippen LogP contribution in [0.4, 0.5) is 0 Å². The predicted molar refractivity (Wildman–Crippen MR) is 90.1 cm³/mol. The Labute approximate surface area is 129 Å². The average Bonchev–Trinajstić information content (AvgIpc) is 2.96. The number of hydrogen-bond donors (Lipinski definition) is 2. The van der Waals surface area contributed by atoms with Crippen LogP contribution in [-0.2, 0) is 0 Å². The molecule has 3 heteroatoms. The van der Waals surface area contributed by atoms with Gasteiger partial charge in [-0.3, -0.25) is 5.84 Å². The van der Waals surface area contributed by atoms with E-state index in [0.717, 1.165) is 0 Å². The molecule has 1 heterocycles. The summed E-state index contributed by atoms with van der Waals surface area (Å²) in [5.74, 6) is 5.77. The topological polar surface area (TPSA) is 38.0 Å². The molecule has 3 N–H and O–H groups in total. The number of nitrogens with two attached hydrogens (primary N) is 1. The van der Waals surface area contributed by atoms with Crippen LogP contribution in [-0.4, -0.2) is 0 Å². The summed E-state index contributed by atoms with van der Waals surface area (Å²) in [5, 5.41) is 4.31. The summed E-state index contributed by atoms with van der Waals surface area (Å²) in [5.41, 5.74) is 9.07. The first-order valence-corrected chi connectivity index (χ1v) is 7.88. The van der Waals surface area contributed by atoms with Crippen molar-refractivity contribution in [2.45, 2.75) is 13.0 Å². The summed E-state index contributed by atoms with van der Waals surface area (Å²) in [6.45, 7) is 2.12. The molecule has 0 saturated heterocycles. The van der Waals surface area contributed by atoms with Crippen LogP contribution in [0.1, 0.15) is 22.7 Å². The quantitative estimate of drug-likeness (QED) is 0.557. The summed E-state index contributed by atoms with van der Waals surface area (Å²) in [6, 6.07) is 19.0. The molecule has 0 aliphatic heterocycles. The summed E-state index contributed by atoms with van der Waals surface area (Å²) < 4.78 is 0. The predicted octanol–water partition coefficient (Wildman–Crippen LogP) is 4.28. The summed E-state index contributed by atoms with van der Waals surface area (Å²) in [6.07, 6.45) is 0. The molecule has 1 aromatic heterocycles. The van der Waals surface area contributed by atoms with Gasteiger partial charge in [-0.05, 0) is 45.5 Å². The molecule has 0 saturated carbocycles. The number of thiophene rings is 1. The summed E-state index contributed by atoms with van der Waals surface area (Å²) in [4.78, 5) is 0. The smallest absolute Gasteiger partial charge is 0.0720 e. The third-order valence-corrected chi connectivity index (χ3v) is 4.60. The number of hydrazine groups is 1. The highest BCUT2D eigenvalue weighted by molar-refractivity contribution is 7.08. The third kappa shape index (κ3) is 2.90. The van der Waals surface area contributed by atoms with Crippen molar-refractivity contribution in [1.82, 2.24) is 5.43 Å². The molecule has 2 nitrogen and oxygen atoms in total. The van der Waals surface area contributed by atoms with Crippen molar-refractivity contribution in [2.75, 3.05) is 0 Å². The third-order valence-electron chi connectivity index (χ3n) is 3.72. The Hall–Kier alpha value is -1.94. The largest absolute Gasteiger partial charge is 0.271 e. The summed E-state index contributed by atoms with van der Waals surface area (Å²) >= 11 is 1.71. The monoisotopic (exact) mass is 294 g/mol. The van der Waals surface area contributed by atoms with Crippen LogP contribution in [0, 0.1) is 6.92 Å². The molecule has 106 valence electrons. The Morgan fingerprint density at radius 1 is 0.905 bits per heavy atom. The zero-order chi connectivity index (χ0) is 14.7. The molecule has 1 unspecified atom stereocenters. The van der Waals surface area contributed by atoms with Gasteiger partial charge in [-0.25, -0.2) is 5.43 Å². The maximum Gasteiger partial charge on any atom is 0.0720 e. The first-order valence-electron chi connectivity index (χ1n) is 6.94. The highest BCUT2D eigenvalue weighted by Crippen LogP contribution is 2.28. The highest BCUT2D eigenvalue weighted by atomic mass is 32.1. The van der Waals surface area contributed by atoms with Gasteiger partial charge in [0.2, 0.25) is 0 Å². The molecule has 0 aliphatic carbocycles. The zero-order valence-electron chi connectivity index (χ0n) is 11.9. The molecule has 1 atom stereocenters. The lowest BCUT2D eigenvalue weighted by atomic mass is 9.96. The fourth-order valence-electron chi connectivity index (χ4n) is 2.53. The van der Waals surface area contributed by atoms with Gasteiger partial charge >= 0.3 is 0 Å². The van der Waals surface area contributed by atoms with Crippen molar-refractivity contribution < 1.29 is 0 Å². The van der Waals surface area contributed by atoms with Gasteiger partial charge < -0.3 is 0 Å². The molecule has 0 bridgehead atoms. The van der Waals surface area contributed by atoms with E-state index < -0.39 is 0 Å². The number of aryl methyl sites for hydroxylation is 1. The van der Waals surface area contributed by atoms with Crippen LogP contribution in [0.3, 0.4) is 0 Å². The first-order chi connectivity index (χ1) is 10.3. The molecule has 21 heavy (non-hydrogen) atoms. The van der Waals surface area contributed by atoms with E-state index in [1.807, 2.05) is 6.07 Å². The second kappa shape index (κ2) is 6.22. The zero-order valence-corrected chi connectivity index (χ0v) is 12.7. The molecule has 3 aromatic rings. The van der Waals surface area contributed by atoms with Crippen molar-refractivity contribution in [3.05, 3.63) is 82.0 Å². The van der Waals surface area contributed by atoms with Gasteiger partial charge in [0.15, 0.2) is 0 Å². The van der Waals surface area contributed by atoms with E-state index in [0.29, 0.717) is 0 Å². The van der Waals surface area contributed by atoms with E-state index in [-0.39, 0.29) is 6.04 Å². The van der Waals surface area contributed by atoms with Crippen LogP contribution >= 0.6 is 11.3 Å². The van der Waals surface area contributed by atoms with Gasteiger partial charge in [-0.1, -0.05) is 54.6 Å². The fourth-order valence-corrected chi connectivity index (χ4v) is 3.41. The fraction of sp³-hybridized carbons (Fsp3) is 0.111. The Bertz CT molecular complexity index is 702. The van der Waals surface area contributed by atoms with Crippen LogP contribution in [0.25, 0.3) is 11.1 Å². The van der Waals surface area contributed by atoms with E-state index in [1.165, 1.54) is 27.8 Å². The Morgan fingerprint density at radius 2 is 1.57 bits per heavy atom. The van der Waals surface area contributed by atoms with Crippen LogP contribution in [0.15, 0.2) is 65.4 Å². The summed E-state index contributed by atoms with van der Waals surface area (Å²) in [7, 11) is 0. The molecular formula is C18H18N2S. The molecule has 0 aliphatic rings. The maximum atomic E-state index is 5.77. The van der Waals surface area contributed by atoms with Gasteiger partial charge in [0.25, 0.3) is 0 Å². The molecule has 2 aromatic carbocycles. The van der Waals surface area contributed by atoms with Crippen molar-refractivity contribution in [3.8, 4) is 11.1 Å².